The van der Waals surface area contributed by atoms with Crippen molar-refractivity contribution in [3.05, 3.63) is 71.5 Å². The van der Waals surface area contributed by atoms with Crippen LogP contribution in [-0.2, 0) is 4.79 Å². The predicted octanol–water partition coefficient (Wildman–Crippen LogP) is 4.24. The number of carbonyl (C=O) groups is 1. The van der Waals surface area contributed by atoms with Crippen molar-refractivity contribution in [2.45, 2.75) is 13.3 Å². The number of carbonyl (C=O) groups excluding carboxylic acids is 1. The molecular formula is C19H18ClN3O2. The SMILES string of the molecule is Cc1ccnn1-c1cccc(NC(=O)CCOc2ccc(Cl)cc2)c1. The lowest BCUT2D eigenvalue weighted by molar-refractivity contribution is -0.116. The van der Waals surface area contributed by atoms with Crippen LogP contribution < -0.4 is 10.1 Å². The van der Waals surface area contributed by atoms with E-state index in [9.17, 15) is 4.79 Å². The lowest BCUT2D eigenvalue weighted by atomic mass is 10.2. The van der Waals surface area contributed by atoms with Gasteiger partial charge in [-0.3, -0.25) is 4.79 Å². The van der Waals surface area contributed by atoms with E-state index in [1.165, 1.54) is 0 Å². The quantitative estimate of drug-likeness (QED) is 0.719. The summed E-state index contributed by atoms with van der Waals surface area (Å²) in [5.41, 5.74) is 2.65. The summed E-state index contributed by atoms with van der Waals surface area (Å²) in [6.07, 6.45) is 2.00. The zero-order valence-corrected chi connectivity index (χ0v) is 14.5. The fraction of sp³-hybridized carbons (Fsp3) is 0.158. The maximum absolute atomic E-state index is 12.1. The van der Waals surface area contributed by atoms with E-state index in [4.69, 9.17) is 16.3 Å². The Morgan fingerprint density at radius 1 is 1.20 bits per heavy atom. The van der Waals surface area contributed by atoms with Gasteiger partial charge in [0.2, 0.25) is 5.91 Å². The Labute approximate surface area is 151 Å². The Bertz CT molecular complexity index is 859. The number of aromatic nitrogens is 2. The van der Waals surface area contributed by atoms with E-state index >= 15 is 0 Å². The Hall–Kier alpha value is -2.79. The van der Waals surface area contributed by atoms with Crippen molar-refractivity contribution < 1.29 is 9.53 Å². The molecule has 0 saturated carbocycles. The van der Waals surface area contributed by atoms with Crippen LogP contribution in [0.15, 0.2) is 60.8 Å². The number of rotatable bonds is 6. The van der Waals surface area contributed by atoms with Gasteiger partial charge < -0.3 is 10.1 Å². The number of halogens is 1. The minimum absolute atomic E-state index is 0.108. The fourth-order valence-corrected chi connectivity index (χ4v) is 2.50. The average Bonchev–Trinajstić information content (AvgIpc) is 3.03. The molecule has 1 amide bonds. The Kier molecular flexibility index (Phi) is 5.36. The molecule has 0 saturated heterocycles. The number of nitrogens with one attached hydrogen (secondary N) is 1. The first-order valence-corrected chi connectivity index (χ1v) is 8.29. The van der Waals surface area contributed by atoms with Gasteiger partial charge in [0.1, 0.15) is 5.75 Å². The number of benzene rings is 2. The molecule has 0 spiro atoms. The van der Waals surface area contributed by atoms with E-state index < -0.39 is 0 Å². The number of amides is 1. The first-order valence-electron chi connectivity index (χ1n) is 7.91. The van der Waals surface area contributed by atoms with Gasteiger partial charge in [-0.1, -0.05) is 17.7 Å². The number of hydrogen-bond acceptors (Lipinski definition) is 3. The molecule has 3 rings (SSSR count). The molecule has 5 nitrogen and oxygen atoms in total. The van der Waals surface area contributed by atoms with Crippen LogP contribution in [0.5, 0.6) is 5.75 Å². The summed E-state index contributed by atoms with van der Waals surface area (Å²) in [4.78, 5) is 12.1. The van der Waals surface area contributed by atoms with Crippen LogP contribution in [0.1, 0.15) is 12.1 Å². The molecule has 128 valence electrons. The number of ether oxygens (including phenoxy) is 1. The highest BCUT2D eigenvalue weighted by Gasteiger charge is 2.06. The van der Waals surface area contributed by atoms with Crippen LogP contribution in [0.4, 0.5) is 5.69 Å². The van der Waals surface area contributed by atoms with Crippen molar-refractivity contribution in [3.63, 3.8) is 0 Å². The van der Waals surface area contributed by atoms with E-state index in [1.807, 2.05) is 41.9 Å². The molecule has 0 unspecified atom stereocenters. The Morgan fingerprint density at radius 2 is 2.00 bits per heavy atom. The number of hydrogen-bond donors (Lipinski definition) is 1. The van der Waals surface area contributed by atoms with Crippen LogP contribution in [0.3, 0.4) is 0 Å². The third-order valence-electron chi connectivity index (χ3n) is 3.62. The normalized spacial score (nSPS) is 10.5. The summed E-state index contributed by atoms with van der Waals surface area (Å²) in [6, 6.07) is 16.5. The molecule has 0 fully saturated rings. The van der Waals surface area contributed by atoms with Crippen LogP contribution in [0, 0.1) is 6.92 Å². The summed E-state index contributed by atoms with van der Waals surface area (Å²) < 4.78 is 7.35. The second-order valence-corrected chi connectivity index (χ2v) is 5.97. The van der Waals surface area contributed by atoms with Crippen LogP contribution in [0.25, 0.3) is 5.69 Å². The van der Waals surface area contributed by atoms with Crippen LogP contribution >= 0.6 is 11.6 Å². The summed E-state index contributed by atoms with van der Waals surface area (Å²) in [5.74, 6) is 0.580. The zero-order valence-electron chi connectivity index (χ0n) is 13.8. The zero-order chi connectivity index (χ0) is 17.6. The van der Waals surface area contributed by atoms with Gasteiger partial charge in [-0.2, -0.15) is 5.10 Å². The molecule has 0 aliphatic rings. The van der Waals surface area contributed by atoms with Crippen molar-refractivity contribution in [2.75, 3.05) is 11.9 Å². The highest BCUT2D eigenvalue weighted by Crippen LogP contribution is 2.17. The summed E-state index contributed by atoms with van der Waals surface area (Å²) >= 11 is 5.82. The van der Waals surface area contributed by atoms with Crippen LogP contribution in [-0.4, -0.2) is 22.3 Å². The van der Waals surface area contributed by atoms with Gasteiger partial charge in [0.25, 0.3) is 0 Å². The van der Waals surface area contributed by atoms with Gasteiger partial charge in [-0.05, 0) is 55.5 Å². The minimum atomic E-state index is -0.108. The molecule has 1 aromatic heterocycles. The molecule has 1 N–H and O–H groups in total. The van der Waals surface area contributed by atoms with Crippen molar-refractivity contribution in [2.24, 2.45) is 0 Å². The van der Waals surface area contributed by atoms with Gasteiger partial charge in [0.15, 0.2) is 0 Å². The second kappa shape index (κ2) is 7.85. The lowest BCUT2D eigenvalue weighted by Crippen LogP contribution is -2.15. The molecular weight excluding hydrogens is 338 g/mol. The molecule has 0 atom stereocenters. The molecule has 0 aliphatic heterocycles. The van der Waals surface area contributed by atoms with Crippen LogP contribution in [0.2, 0.25) is 5.02 Å². The molecule has 3 aromatic rings. The van der Waals surface area contributed by atoms with Gasteiger partial charge in [0.05, 0.1) is 18.7 Å². The Balaban J connectivity index is 1.54. The largest absolute Gasteiger partial charge is 0.493 e. The molecule has 25 heavy (non-hydrogen) atoms. The maximum Gasteiger partial charge on any atom is 0.227 e. The van der Waals surface area contributed by atoms with Crippen molar-refractivity contribution in [1.29, 1.82) is 0 Å². The standard InChI is InChI=1S/C19H18ClN3O2/c1-14-9-11-21-23(14)17-4-2-3-16(13-17)22-19(24)10-12-25-18-7-5-15(20)6-8-18/h2-9,11,13H,10,12H2,1H3,(H,22,24). The summed E-state index contributed by atoms with van der Waals surface area (Å²) in [7, 11) is 0. The van der Waals surface area contributed by atoms with E-state index in [1.54, 1.807) is 30.5 Å². The third kappa shape index (κ3) is 4.61. The number of aryl methyl sites for hydroxylation is 1. The fourth-order valence-electron chi connectivity index (χ4n) is 2.37. The van der Waals surface area contributed by atoms with Gasteiger partial charge in [-0.25, -0.2) is 4.68 Å². The monoisotopic (exact) mass is 355 g/mol. The van der Waals surface area contributed by atoms with Gasteiger partial charge in [0, 0.05) is 22.6 Å². The average molecular weight is 356 g/mol. The van der Waals surface area contributed by atoms with Gasteiger partial charge >= 0.3 is 0 Å². The molecule has 0 radical (unpaired) electrons. The highest BCUT2D eigenvalue weighted by molar-refractivity contribution is 6.30. The summed E-state index contributed by atoms with van der Waals surface area (Å²) in [5, 5.41) is 7.80. The minimum Gasteiger partial charge on any atom is -0.493 e. The lowest BCUT2D eigenvalue weighted by Gasteiger charge is -2.09. The van der Waals surface area contributed by atoms with E-state index in [2.05, 4.69) is 10.4 Å². The maximum atomic E-state index is 12.1. The predicted molar refractivity (Wildman–Crippen MR) is 98.5 cm³/mol. The smallest absolute Gasteiger partial charge is 0.227 e. The topological polar surface area (TPSA) is 56.2 Å². The van der Waals surface area contributed by atoms with E-state index in [-0.39, 0.29) is 12.3 Å². The first-order chi connectivity index (χ1) is 12.1. The highest BCUT2D eigenvalue weighted by atomic mass is 35.5. The molecule has 0 aliphatic carbocycles. The molecule has 0 bridgehead atoms. The number of anilines is 1. The number of nitrogens with zero attached hydrogens (tertiary/aromatic N) is 2. The van der Waals surface area contributed by atoms with Gasteiger partial charge in [-0.15, -0.1) is 0 Å². The Morgan fingerprint density at radius 3 is 2.72 bits per heavy atom. The molecule has 1 heterocycles. The molecule has 2 aromatic carbocycles. The summed E-state index contributed by atoms with van der Waals surface area (Å²) in [6.45, 7) is 2.28. The third-order valence-corrected chi connectivity index (χ3v) is 3.87. The van der Waals surface area contributed by atoms with Crippen molar-refractivity contribution in [3.8, 4) is 11.4 Å². The van der Waals surface area contributed by atoms with Crippen molar-refractivity contribution in [1.82, 2.24) is 9.78 Å². The van der Waals surface area contributed by atoms with E-state index in [0.717, 1.165) is 17.1 Å². The second-order valence-electron chi connectivity index (χ2n) is 5.54. The molecule has 6 heteroatoms. The first kappa shape index (κ1) is 17.0. The van der Waals surface area contributed by atoms with Crippen molar-refractivity contribution >= 4 is 23.2 Å². The van der Waals surface area contributed by atoms with E-state index in [0.29, 0.717) is 17.4 Å².